The number of carbonyl (C=O) groups excluding carboxylic acids is 2. The Labute approximate surface area is 139 Å². The minimum absolute atomic E-state index is 0.289. The highest BCUT2D eigenvalue weighted by Gasteiger charge is 2.21. The van der Waals surface area contributed by atoms with Gasteiger partial charge in [-0.3, -0.25) is 10.00 Å². The standard InChI is InChI=1S/C16H19N5O3/c1-11-9-14(20(2)19-11)18-15(22)17-13-5-3-12(4-6-13)10-21-7-8-24-16(21)23/h3-6,9H,7-8,10H2,1-2H3,(H2,17,18,22). The second kappa shape index (κ2) is 6.61. The van der Waals surface area contributed by atoms with Gasteiger partial charge in [0, 0.05) is 25.3 Å². The zero-order valence-corrected chi connectivity index (χ0v) is 13.6. The van der Waals surface area contributed by atoms with Crippen LogP contribution in [0.2, 0.25) is 0 Å². The zero-order valence-electron chi connectivity index (χ0n) is 13.6. The summed E-state index contributed by atoms with van der Waals surface area (Å²) in [6.07, 6.45) is -0.289. The van der Waals surface area contributed by atoms with E-state index in [2.05, 4.69) is 15.7 Å². The van der Waals surface area contributed by atoms with E-state index in [-0.39, 0.29) is 12.1 Å². The summed E-state index contributed by atoms with van der Waals surface area (Å²) in [4.78, 5) is 25.1. The summed E-state index contributed by atoms with van der Waals surface area (Å²) < 4.78 is 6.50. The average Bonchev–Trinajstić information content (AvgIpc) is 3.07. The lowest BCUT2D eigenvalue weighted by molar-refractivity contribution is 0.157. The Balaban J connectivity index is 1.56. The molecule has 1 aromatic heterocycles. The van der Waals surface area contributed by atoms with Crippen LogP contribution in [0.4, 0.5) is 21.1 Å². The molecule has 3 amide bonds. The number of hydrogen-bond donors (Lipinski definition) is 2. The van der Waals surface area contributed by atoms with E-state index in [0.717, 1.165) is 11.3 Å². The molecule has 8 heteroatoms. The number of ether oxygens (including phenoxy) is 1. The van der Waals surface area contributed by atoms with Crippen molar-refractivity contribution in [2.45, 2.75) is 13.5 Å². The number of benzene rings is 1. The fraction of sp³-hybridized carbons (Fsp3) is 0.312. The summed E-state index contributed by atoms with van der Waals surface area (Å²) in [6, 6.07) is 8.78. The summed E-state index contributed by atoms with van der Waals surface area (Å²) in [6.45, 7) is 3.40. The number of amides is 3. The van der Waals surface area contributed by atoms with Gasteiger partial charge in [-0.05, 0) is 24.6 Å². The van der Waals surface area contributed by atoms with E-state index < -0.39 is 0 Å². The van der Waals surface area contributed by atoms with Crippen LogP contribution >= 0.6 is 0 Å². The van der Waals surface area contributed by atoms with Crippen molar-refractivity contribution >= 4 is 23.6 Å². The molecule has 0 aliphatic carbocycles. The monoisotopic (exact) mass is 329 g/mol. The molecule has 2 heterocycles. The van der Waals surface area contributed by atoms with Crippen LogP contribution in [-0.4, -0.2) is 40.0 Å². The Morgan fingerprint density at radius 3 is 2.62 bits per heavy atom. The van der Waals surface area contributed by atoms with Crippen LogP contribution in [0.5, 0.6) is 0 Å². The maximum Gasteiger partial charge on any atom is 0.410 e. The van der Waals surface area contributed by atoms with Crippen LogP contribution in [0.25, 0.3) is 0 Å². The summed E-state index contributed by atoms with van der Waals surface area (Å²) >= 11 is 0. The van der Waals surface area contributed by atoms with E-state index in [0.29, 0.717) is 31.2 Å². The molecule has 1 fully saturated rings. The molecule has 8 nitrogen and oxygen atoms in total. The first-order valence-electron chi connectivity index (χ1n) is 7.60. The maximum atomic E-state index is 12.0. The number of urea groups is 1. The molecule has 0 spiro atoms. The number of nitrogens with zero attached hydrogens (tertiary/aromatic N) is 3. The number of aryl methyl sites for hydroxylation is 2. The third-order valence-corrected chi connectivity index (χ3v) is 3.67. The Morgan fingerprint density at radius 1 is 1.29 bits per heavy atom. The molecule has 0 radical (unpaired) electrons. The number of cyclic esters (lactones) is 1. The highest BCUT2D eigenvalue weighted by molar-refractivity contribution is 5.99. The van der Waals surface area contributed by atoms with Gasteiger partial charge < -0.3 is 15.0 Å². The smallest absolute Gasteiger partial charge is 0.410 e. The number of carbonyl (C=O) groups is 2. The number of nitrogens with one attached hydrogen (secondary N) is 2. The van der Waals surface area contributed by atoms with Crippen LogP contribution in [0.3, 0.4) is 0 Å². The predicted molar refractivity (Wildman–Crippen MR) is 88.8 cm³/mol. The summed E-state index contributed by atoms with van der Waals surface area (Å²) in [5.74, 6) is 0.620. The van der Waals surface area contributed by atoms with E-state index in [4.69, 9.17) is 4.74 Å². The molecule has 2 N–H and O–H groups in total. The number of anilines is 2. The van der Waals surface area contributed by atoms with Crippen molar-refractivity contribution in [2.75, 3.05) is 23.8 Å². The van der Waals surface area contributed by atoms with E-state index >= 15 is 0 Å². The molecule has 0 saturated carbocycles. The van der Waals surface area contributed by atoms with Crippen LogP contribution < -0.4 is 10.6 Å². The van der Waals surface area contributed by atoms with Crippen LogP contribution in [0.15, 0.2) is 30.3 Å². The predicted octanol–water partition coefficient (Wildman–Crippen LogP) is 2.32. The van der Waals surface area contributed by atoms with Crippen molar-refractivity contribution in [1.82, 2.24) is 14.7 Å². The first kappa shape index (κ1) is 15.9. The lowest BCUT2D eigenvalue weighted by Gasteiger charge is -2.13. The second-order valence-electron chi connectivity index (χ2n) is 5.61. The van der Waals surface area contributed by atoms with Crippen molar-refractivity contribution in [1.29, 1.82) is 0 Å². The van der Waals surface area contributed by atoms with E-state index in [9.17, 15) is 9.59 Å². The van der Waals surface area contributed by atoms with Gasteiger partial charge in [0.2, 0.25) is 0 Å². The van der Waals surface area contributed by atoms with E-state index in [1.807, 2.05) is 19.1 Å². The average molecular weight is 329 g/mol. The quantitative estimate of drug-likeness (QED) is 0.901. The number of hydrogen-bond acceptors (Lipinski definition) is 4. The van der Waals surface area contributed by atoms with Crippen molar-refractivity contribution in [3.63, 3.8) is 0 Å². The Hall–Kier alpha value is -3.03. The normalized spacial score (nSPS) is 13.8. The molecular weight excluding hydrogens is 310 g/mol. The molecule has 1 aromatic carbocycles. The first-order valence-corrected chi connectivity index (χ1v) is 7.60. The molecule has 126 valence electrons. The van der Waals surface area contributed by atoms with Gasteiger partial charge in [0.05, 0.1) is 12.2 Å². The van der Waals surface area contributed by atoms with Crippen molar-refractivity contribution in [2.24, 2.45) is 7.05 Å². The van der Waals surface area contributed by atoms with Crippen molar-refractivity contribution in [3.05, 3.63) is 41.6 Å². The SMILES string of the molecule is Cc1cc(NC(=O)Nc2ccc(CN3CCOC3=O)cc2)n(C)n1. The highest BCUT2D eigenvalue weighted by Crippen LogP contribution is 2.15. The fourth-order valence-corrected chi connectivity index (χ4v) is 2.49. The van der Waals surface area contributed by atoms with Crippen molar-refractivity contribution in [3.8, 4) is 0 Å². The van der Waals surface area contributed by atoms with Gasteiger partial charge in [0.15, 0.2) is 0 Å². The highest BCUT2D eigenvalue weighted by atomic mass is 16.6. The molecule has 0 atom stereocenters. The van der Waals surface area contributed by atoms with Gasteiger partial charge in [0.25, 0.3) is 0 Å². The van der Waals surface area contributed by atoms with Crippen LogP contribution in [0.1, 0.15) is 11.3 Å². The fourth-order valence-electron chi connectivity index (χ4n) is 2.49. The lowest BCUT2D eigenvalue weighted by atomic mass is 10.2. The Morgan fingerprint density at radius 2 is 2.04 bits per heavy atom. The largest absolute Gasteiger partial charge is 0.448 e. The van der Waals surface area contributed by atoms with Gasteiger partial charge in [-0.15, -0.1) is 0 Å². The first-order chi connectivity index (χ1) is 11.5. The minimum Gasteiger partial charge on any atom is -0.448 e. The third kappa shape index (κ3) is 3.65. The molecule has 0 unspecified atom stereocenters. The Kier molecular flexibility index (Phi) is 4.37. The van der Waals surface area contributed by atoms with Crippen LogP contribution in [-0.2, 0) is 18.3 Å². The minimum atomic E-state index is -0.339. The second-order valence-corrected chi connectivity index (χ2v) is 5.61. The van der Waals surface area contributed by atoms with Gasteiger partial charge in [0.1, 0.15) is 12.4 Å². The summed E-state index contributed by atoms with van der Waals surface area (Å²) in [7, 11) is 1.76. The topological polar surface area (TPSA) is 88.5 Å². The molecule has 24 heavy (non-hydrogen) atoms. The maximum absolute atomic E-state index is 12.0. The summed E-state index contributed by atoms with van der Waals surface area (Å²) in [5.41, 5.74) is 2.47. The molecule has 2 aromatic rings. The summed E-state index contributed by atoms with van der Waals surface area (Å²) in [5, 5.41) is 9.67. The van der Waals surface area contributed by atoms with Gasteiger partial charge in [-0.25, -0.2) is 9.59 Å². The molecule has 1 aliphatic rings. The van der Waals surface area contributed by atoms with Gasteiger partial charge in [-0.2, -0.15) is 5.10 Å². The van der Waals surface area contributed by atoms with E-state index in [1.165, 1.54) is 0 Å². The molecule has 1 aliphatic heterocycles. The van der Waals surface area contributed by atoms with Gasteiger partial charge in [-0.1, -0.05) is 12.1 Å². The van der Waals surface area contributed by atoms with Gasteiger partial charge >= 0.3 is 12.1 Å². The Bertz CT molecular complexity index is 754. The van der Waals surface area contributed by atoms with E-state index in [1.54, 1.807) is 34.8 Å². The molecular formula is C16H19N5O3. The molecule has 1 saturated heterocycles. The van der Waals surface area contributed by atoms with Crippen molar-refractivity contribution < 1.29 is 14.3 Å². The molecule has 0 bridgehead atoms. The molecule has 3 rings (SSSR count). The lowest BCUT2D eigenvalue weighted by Crippen LogP contribution is -2.23. The zero-order chi connectivity index (χ0) is 17.1. The number of rotatable bonds is 4. The van der Waals surface area contributed by atoms with Crippen LogP contribution in [0, 0.1) is 6.92 Å². The number of aromatic nitrogens is 2. The third-order valence-electron chi connectivity index (χ3n) is 3.67.